The molecule has 0 atom stereocenters. The van der Waals surface area contributed by atoms with E-state index in [2.05, 4.69) is 0 Å². The first-order valence-electron chi connectivity index (χ1n) is 4.14. The smallest absolute Gasteiger partial charge is 0.259 e. The van der Waals surface area contributed by atoms with Crippen molar-refractivity contribution in [3.8, 4) is 0 Å². The Labute approximate surface area is 85.0 Å². The van der Waals surface area contributed by atoms with E-state index in [0.29, 0.717) is 0 Å². The predicted molar refractivity (Wildman–Crippen MR) is 48.3 cm³/mol. The van der Waals surface area contributed by atoms with E-state index in [0.717, 1.165) is 18.2 Å². The number of benzene rings is 1. The number of hydrogen-bond donors (Lipinski definition) is 2. The predicted octanol–water partition coefficient (Wildman–Crippen LogP) is 0.471. The summed E-state index contributed by atoms with van der Waals surface area (Å²) in [4.78, 5) is 10.6. The molecule has 1 aromatic rings. The highest BCUT2D eigenvalue weighted by atomic mass is 19.1. The quantitative estimate of drug-likeness (QED) is 0.437. The minimum Gasteiger partial charge on any atom is -0.367 e. The molecule has 4 nitrogen and oxygen atoms in total. The van der Waals surface area contributed by atoms with Crippen LogP contribution in [0.1, 0.15) is 5.56 Å². The molecule has 82 valence electrons. The van der Waals surface area contributed by atoms with Crippen molar-refractivity contribution in [3.05, 3.63) is 35.4 Å². The summed E-state index contributed by atoms with van der Waals surface area (Å²) in [6.45, 7) is -0.483. The fourth-order valence-corrected chi connectivity index (χ4v) is 0.949. The van der Waals surface area contributed by atoms with E-state index in [1.165, 1.54) is 0 Å². The van der Waals surface area contributed by atoms with Crippen LogP contribution in [0.25, 0.3) is 0 Å². The zero-order valence-electron chi connectivity index (χ0n) is 7.80. The monoisotopic (exact) mass is 216 g/mol. The van der Waals surface area contributed by atoms with E-state index in [9.17, 15) is 13.6 Å². The summed E-state index contributed by atoms with van der Waals surface area (Å²) in [5, 5.41) is 0. The number of carbonyl (C=O) groups excluding carboxylic acids is 1. The molecule has 0 aromatic heterocycles. The Morgan fingerprint density at radius 1 is 1.47 bits per heavy atom. The second-order valence-corrected chi connectivity index (χ2v) is 2.80. The number of amides is 1. The molecule has 15 heavy (non-hydrogen) atoms. The summed E-state index contributed by atoms with van der Waals surface area (Å²) >= 11 is 0. The van der Waals surface area contributed by atoms with Crippen molar-refractivity contribution in [2.24, 2.45) is 5.84 Å². The number of nitrogens with one attached hydrogen (secondary N) is 1. The van der Waals surface area contributed by atoms with Gasteiger partial charge in [0.2, 0.25) is 0 Å². The molecule has 1 amide bonds. The van der Waals surface area contributed by atoms with Crippen molar-refractivity contribution in [1.29, 1.82) is 0 Å². The van der Waals surface area contributed by atoms with Gasteiger partial charge in [0.1, 0.15) is 18.2 Å². The molecule has 0 aliphatic rings. The van der Waals surface area contributed by atoms with E-state index < -0.39 is 17.5 Å². The molecule has 1 rings (SSSR count). The molecule has 0 saturated heterocycles. The van der Waals surface area contributed by atoms with Gasteiger partial charge in [0.05, 0.1) is 6.61 Å². The molecule has 3 N–H and O–H groups in total. The maximum Gasteiger partial charge on any atom is 0.259 e. The van der Waals surface area contributed by atoms with Crippen molar-refractivity contribution < 1.29 is 18.3 Å². The van der Waals surface area contributed by atoms with Crippen LogP contribution in [0.5, 0.6) is 0 Å². The number of nitrogens with two attached hydrogens (primary N) is 1. The third-order valence-corrected chi connectivity index (χ3v) is 1.66. The van der Waals surface area contributed by atoms with Gasteiger partial charge in [-0.2, -0.15) is 0 Å². The highest BCUT2D eigenvalue weighted by Crippen LogP contribution is 2.10. The Morgan fingerprint density at radius 2 is 2.20 bits per heavy atom. The van der Waals surface area contributed by atoms with Crippen molar-refractivity contribution in [3.63, 3.8) is 0 Å². The average molecular weight is 216 g/mol. The van der Waals surface area contributed by atoms with E-state index in [1.54, 1.807) is 0 Å². The summed E-state index contributed by atoms with van der Waals surface area (Å²) in [7, 11) is 0. The number of hydrogen-bond acceptors (Lipinski definition) is 3. The van der Waals surface area contributed by atoms with Gasteiger partial charge in [-0.3, -0.25) is 10.2 Å². The Kier molecular flexibility index (Phi) is 4.14. The number of hydrazine groups is 1. The van der Waals surface area contributed by atoms with Crippen LogP contribution in [0.3, 0.4) is 0 Å². The van der Waals surface area contributed by atoms with Gasteiger partial charge in [-0.25, -0.2) is 14.6 Å². The number of carbonyl (C=O) groups is 1. The third kappa shape index (κ3) is 3.61. The molecule has 0 spiro atoms. The van der Waals surface area contributed by atoms with Crippen molar-refractivity contribution in [2.75, 3.05) is 6.61 Å². The molecule has 0 aliphatic carbocycles. The van der Waals surface area contributed by atoms with Gasteiger partial charge in [-0.05, 0) is 18.2 Å². The molecule has 0 aliphatic heterocycles. The first-order chi connectivity index (χ1) is 7.13. The summed E-state index contributed by atoms with van der Waals surface area (Å²) in [6.07, 6.45) is 0. The van der Waals surface area contributed by atoms with Crippen molar-refractivity contribution >= 4 is 5.91 Å². The minimum absolute atomic E-state index is 0.0554. The summed E-state index contributed by atoms with van der Waals surface area (Å²) in [5.41, 5.74) is 1.90. The second-order valence-electron chi connectivity index (χ2n) is 2.80. The van der Waals surface area contributed by atoms with E-state index >= 15 is 0 Å². The second kappa shape index (κ2) is 5.38. The van der Waals surface area contributed by atoms with E-state index in [4.69, 9.17) is 10.6 Å². The van der Waals surface area contributed by atoms with Gasteiger partial charge in [0.25, 0.3) is 5.91 Å². The highest BCUT2D eigenvalue weighted by Gasteiger charge is 2.05. The molecule has 0 bridgehead atoms. The van der Waals surface area contributed by atoms with Crippen LogP contribution in [0.2, 0.25) is 0 Å². The lowest BCUT2D eigenvalue weighted by Crippen LogP contribution is -2.33. The first-order valence-corrected chi connectivity index (χ1v) is 4.14. The Morgan fingerprint density at radius 3 is 2.87 bits per heavy atom. The lowest BCUT2D eigenvalue weighted by atomic mass is 10.2. The topological polar surface area (TPSA) is 64.3 Å². The lowest BCUT2D eigenvalue weighted by molar-refractivity contribution is -0.126. The van der Waals surface area contributed by atoms with Gasteiger partial charge in [0, 0.05) is 5.56 Å². The molecule has 6 heteroatoms. The SMILES string of the molecule is NNC(=O)COCc1cc(F)ccc1F. The summed E-state index contributed by atoms with van der Waals surface area (Å²) in [6, 6.07) is 3.01. The standard InChI is InChI=1S/C9H10F2N2O2/c10-7-1-2-8(11)6(3-7)4-15-5-9(14)13-12/h1-3H,4-5,12H2,(H,13,14). The van der Waals surface area contributed by atoms with Crippen LogP contribution in [-0.4, -0.2) is 12.5 Å². The van der Waals surface area contributed by atoms with Crippen LogP contribution in [0, 0.1) is 11.6 Å². The Hall–Kier alpha value is -1.53. The fourth-order valence-electron chi connectivity index (χ4n) is 0.949. The van der Waals surface area contributed by atoms with Gasteiger partial charge in [-0.15, -0.1) is 0 Å². The van der Waals surface area contributed by atoms with Crippen molar-refractivity contribution in [1.82, 2.24) is 5.43 Å². The molecule has 0 heterocycles. The highest BCUT2D eigenvalue weighted by molar-refractivity contribution is 5.76. The summed E-state index contributed by atoms with van der Waals surface area (Å²) in [5.74, 6) is 3.12. The van der Waals surface area contributed by atoms with Crippen LogP contribution >= 0.6 is 0 Å². The zero-order valence-corrected chi connectivity index (χ0v) is 7.80. The average Bonchev–Trinajstić information content (AvgIpc) is 2.23. The molecular formula is C9H10F2N2O2. The Bertz CT molecular complexity index is 358. The molecule has 1 aromatic carbocycles. The van der Waals surface area contributed by atoms with Gasteiger partial charge in [-0.1, -0.05) is 0 Å². The van der Waals surface area contributed by atoms with Gasteiger partial charge < -0.3 is 4.74 Å². The van der Waals surface area contributed by atoms with Crippen LogP contribution in [-0.2, 0) is 16.1 Å². The third-order valence-electron chi connectivity index (χ3n) is 1.66. The van der Waals surface area contributed by atoms with Crippen LogP contribution in [0.4, 0.5) is 8.78 Å². The number of rotatable bonds is 4. The van der Waals surface area contributed by atoms with E-state index in [1.807, 2.05) is 5.43 Å². The largest absolute Gasteiger partial charge is 0.367 e. The maximum atomic E-state index is 13.0. The minimum atomic E-state index is -0.579. The van der Waals surface area contributed by atoms with Gasteiger partial charge in [0.15, 0.2) is 0 Å². The number of ether oxygens (including phenoxy) is 1. The summed E-state index contributed by atoms with van der Waals surface area (Å²) < 4.78 is 30.5. The fraction of sp³-hybridized carbons (Fsp3) is 0.222. The molecular weight excluding hydrogens is 206 g/mol. The lowest BCUT2D eigenvalue weighted by Gasteiger charge is -2.04. The number of halogens is 2. The normalized spacial score (nSPS) is 10.1. The van der Waals surface area contributed by atoms with Crippen LogP contribution < -0.4 is 11.3 Å². The molecule has 0 unspecified atom stereocenters. The van der Waals surface area contributed by atoms with Crippen LogP contribution in [0.15, 0.2) is 18.2 Å². The van der Waals surface area contributed by atoms with E-state index in [-0.39, 0.29) is 18.8 Å². The zero-order chi connectivity index (χ0) is 11.3. The molecule has 0 fully saturated rings. The molecule has 0 radical (unpaired) electrons. The maximum absolute atomic E-state index is 13.0. The molecule has 0 saturated carbocycles. The Balaban J connectivity index is 2.50. The van der Waals surface area contributed by atoms with Crippen molar-refractivity contribution in [2.45, 2.75) is 6.61 Å². The van der Waals surface area contributed by atoms with Gasteiger partial charge >= 0.3 is 0 Å². The first kappa shape index (κ1) is 11.5.